The molecule has 35 heavy (non-hydrogen) atoms. The van der Waals surface area contributed by atoms with Crippen LogP contribution in [0.4, 0.5) is 10.3 Å². The third kappa shape index (κ3) is 6.11. The van der Waals surface area contributed by atoms with Gasteiger partial charge in [0.15, 0.2) is 0 Å². The normalized spacial score (nSPS) is 24.2. The Kier molecular flexibility index (Phi) is 7.80. The Morgan fingerprint density at radius 3 is 2.91 bits per heavy atom. The summed E-state index contributed by atoms with van der Waals surface area (Å²) in [4.78, 5) is 13.9. The molecule has 2 aliphatic heterocycles. The number of hydrogen-bond donors (Lipinski definition) is 2. The molecule has 0 bridgehead atoms. The molecule has 188 valence electrons. The van der Waals surface area contributed by atoms with Crippen LogP contribution in [0.5, 0.6) is 0 Å². The molecule has 0 radical (unpaired) electrons. The lowest BCUT2D eigenvalue weighted by atomic mass is 9.87. The lowest BCUT2D eigenvalue weighted by Gasteiger charge is -2.30. The minimum atomic E-state index is -0.482. The molecule has 1 aromatic heterocycles. The van der Waals surface area contributed by atoms with Gasteiger partial charge in [0.1, 0.15) is 5.82 Å². The zero-order chi connectivity index (χ0) is 24.2. The fourth-order valence-corrected chi connectivity index (χ4v) is 5.38. The van der Waals surface area contributed by atoms with Crippen molar-refractivity contribution in [3.63, 3.8) is 0 Å². The van der Waals surface area contributed by atoms with Gasteiger partial charge in [-0.05, 0) is 93.0 Å². The topological polar surface area (TPSA) is 94.5 Å². The van der Waals surface area contributed by atoms with E-state index in [0.717, 1.165) is 69.5 Å². The first-order valence-corrected chi connectivity index (χ1v) is 13.0. The summed E-state index contributed by atoms with van der Waals surface area (Å²) in [5.41, 5.74) is 2.70. The predicted octanol–water partition coefficient (Wildman–Crippen LogP) is 3.61. The fourth-order valence-electron chi connectivity index (χ4n) is 5.27. The van der Waals surface area contributed by atoms with Crippen LogP contribution in [0.1, 0.15) is 61.4 Å². The number of aromatic nitrogens is 2. The van der Waals surface area contributed by atoms with Crippen molar-refractivity contribution in [2.24, 2.45) is 10.9 Å². The van der Waals surface area contributed by atoms with Gasteiger partial charge >= 0.3 is 0 Å². The van der Waals surface area contributed by atoms with E-state index < -0.39 is 11.9 Å². The summed E-state index contributed by atoms with van der Waals surface area (Å²) in [6.07, 6.45) is 8.57. The standard InChI is InChI=1S/C26H33ClFN5O2/c27-21-6-5-16(12-22(21)28)24(14-20-2-1-9-29-20)32-25(34)17-3-4-18-15-30-26(33-23(18)13-17)31-19-7-10-35-11-8-19/h5-6,12,15,17,19-20,24,29H,1-4,7-11,13-14H2,(H,32,34)(H,30,31,33)/p-1. The SMILES string of the molecule is [O-]C(=NC(CC1CCCN1)c1ccc(Cl)c(F)c1)C1CCc2cnc(NC3CCOCC3)nc2C1. The summed E-state index contributed by atoms with van der Waals surface area (Å²) in [7, 11) is 0. The van der Waals surface area contributed by atoms with Crippen molar-refractivity contribution in [2.75, 3.05) is 25.1 Å². The van der Waals surface area contributed by atoms with Gasteiger partial charge in [-0.1, -0.05) is 17.7 Å². The number of nitrogens with one attached hydrogen (secondary N) is 2. The molecular formula is C26H32ClFN5O2-. The summed E-state index contributed by atoms with van der Waals surface area (Å²) in [5.74, 6) is -0.234. The van der Waals surface area contributed by atoms with Crippen LogP contribution in [0.25, 0.3) is 0 Å². The Hall–Kier alpha value is -2.29. The number of ether oxygens (including phenoxy) is 1. The van der Waals surface area contributed by atoms with Crippen LogP contribution in [-0.4, -0.2) is 47.7 Å². The van der Waals surface area contributed by atoms with Crippen LogP contribution in [0, 0.1) is 11.7 Å². The fraction of sp³-hybridized carbons (Fsp3) is 0.577. The van der Waals surface area contributed by atoms with E-state index in [1.165, 1.54) is 6.07 Å². The number of hydrogen-bond acceptors (Lipinski definition) is 7. The summed E-state index contributed by atoms with van der Waals surface area (Å²) < 4.78 is 19.6. The van der Waals surface area contributed by atoms with Crippen molar-refractivity contribution in [3.8, 4) is 0 Å². The molecule has 2 saturated heterocycles. The van der Waals surface area contributed by atoms with E-state index in [9.17, 15) is 9.50 Å². The van der Waals surface area contributed by atoms with Crippen molar-refractivity contribution in [2.45, 2.75) is 69.5 Å². The first-order chi connectivity index (χ1) is 17.0. The van der Waals surface area contributed by atoms with E-state index in [4.69, 9.17) is 21.3 Å². The van der Waals surface area contributed by atoms with Crippen molar-refractivity contribution < 1.29 is 14.2 Å². The Morgan fingerprint density at radius 1 is 1.29 bits per heavy atom. The van der Waals surface area contributed by atoms with Crippen LogP contribution >= 0.6 is 11.6 Å². The van der Waals surface area contributed by atoms with E-state index >= 15 is 0 Å². The smallest absolute Gasteiger partial charge is 0.223 e. The van der Waals surface area contributed by atoms with Gasteiger partial charge in [0.05, 0.1) is 11.1 Å². The number of aryl methyl sites for hydroxylation is 1. The molecule has 3 aliphatic rings. The van der Waals surface area contributed by atoms with Crippen LogP contribution in [0.2, 0.25) is 5.02 Å². The van der Waals surface area contributed by atoms with E-state index in [-0.39, 0.29) is 22.9 Å². The minimum Gasteiger partial charge on any atom is -0.862 e. The summed E-state index contributed by atoms with van der Waals surface area (Å²) in [6.45, 7) is 2.45. The second-order valence-electron chi connectivity index (χ2n) is 9.82. The van der Waals surface area contributed by atoms with E-state index in [1.807, 2.05) is 6.20 Å². The molecule has 1 aliphatic carbocycles. The molecule has 7 nitrogen and oxygen atoms in total. The molecule has 1 aromatic carbocycles. The molecule has 2 aromatic rings. The Morgan fingerprint density at radius 2 is 2.14 bits per heavy atom. The number of benzene rings is 1. The van der Waals surface area contributed by atoms with E-state index in [2.05, 4.69) is 20.6 Å². The summed E-state index contributed by atoms with van der Waals surface area (Å²) >= 11 is 5.90. The molecule has 2 fully saturated rings. The summed E-state index contributed by atoms with van der Waals surface area (Å²) in [6, 6.07) is 4.91. The maximum Gasteiger partial charge on any atom is 0.223 e. The number of aliphatic imine (C=N–C) groups is 1. The molecule has 3 unspecified atom stereocenters. The van der Waals surface area contributed by atoms with Gasteiger partial charge in [-0.2, -0.15) is 0 Å². The first-order valence-electron chi connectivity index (χ1n) is 12.7. The zero-order valence-electron chi connectivity index (χ0n) is 19.8. The monoisotopic (exact) mass is 500 g/mol. The molecule has 0 spiro atoms. The van der Waals surface area contributed by atoms with Crippen molar-refractivity contribution >= 4 is 23.4 Å². The Labute approximate surface area is 210 Å². The number of nitrogens with zero attached hydrogens (tertiary/aromatic N) is 3. The lowest BCUT2D eigenvalue weighted by molar-refractivity contribution is -0.225. The number of rotatable bonds is 7. The van der Waals surface area contributed by atoms with Gasteiger partial charge in [-0.15, -0.1) is 0 Å². The van der Waals surface area contributed by atoms with E-state index in [0.29, 0.717) is 30.4 Å². The number of fused-ring (bicyclic) bond motifs is 1. The average Bonchev–Trinajstić information content (AvgIpc) is 3.39. The van der Waals surface area contributed by atoms with Gasteiger partial charge in [-0.25, -0.2) is 14.4 Å². The zero-order valence-corrected chi connectivity index (χ0v) is 20.6. The quantitative estimate of drug-likeness (QED) is 0.445. The highest BCUT2D eigenvalue weighted by molar-refractivity contribution is 6.30. The highest BCUT2D eigenvalue weighted by Crippen LogP contribution is 2.31. The van der Waals surface area contributed by atoms with Crippen LogP contribution in [0.15, 0.2) is 29.4 Å². The molecule has 2 N–H and O–H groups in total. The molecule has 3 atom stereocenters. The van der Waals surface area contributed by atoms with Gasteiger partial charge in [0, 0.05) is 37.2 Å². The highest BCUT2D eigenvalue weighted by Gasteiger charge is 2.25. The molecular weight excluding hydrogens is 469 g/mol. The second-order valence-corrected chi connectivity index (χ2v) is 10.2. The third-order valence-electron chi connectivity index (χ3n) is 7.34. The van der Waals surface area contributed by atoms with E-state index in [1.54, 1.807) is 12.1 Å². The van der Waals surface area contributed by atoms with Gasteiger partial charge in [0.25, 0.3) is 0 Å². The van der Waals surface area contributed by atoms with Crippen molar-refractivity contribution in [3.05, 3.63) is 52.1 Å². The van der Waals surface area contributed by atoms with Gasteiger partial charge < -0.3 is 20.5 Å². The molecule has 3 heterocycles. The largest absolute Gasteiger partial charge is 0.862 e. The average molecular weight is 501 g/mol. The molecule has 9 heteroatoms. The third-order valence-corrected chi connectivity index (χ3v) is 7.65. The molecule has 0 amide bonds. The predicted molar refractivity (Wildman–Crippen MR) is 132 cm³/mol. The van der Waals surface area contributed by atoms with Crippen LogP contribution in [0.3, 0.4) is 0 Å². The minimum absolute atomic E-state index is 0.0755. The highest BCUT2D eigenvalue weighted by atomic mass is 35.5. The number of halogens is 2. The maximum absolute atomic E-state index is 14.2. The summed E-state index contributed by atoms with van der Waals surface area (Å²) in [5, 5.41) is 20.3. The van der Waals surface area contributed by atoms with Crippen molar-refractivity contribution in [1.29, 1.82) is 0 Å². The van der Waals surface area contributed by atoms with Crippen LogP contribution < -0.4 is 15.7 Å². The Bertz CT molecular complexity index is 1060. The molecule has 5 rings (SSSR count). The number of anilines is 1. The maximum atomic E-state index is 14.2. The first kappa shape index (κ1) is 24.4. The lowest BCUT2D eigenvalue weighted by Crippen LogP contribution is -2.34. The second kappa shape index (κ2) is 11.2. The van der Waals surface area contributed by atoms with Gasteiger partial charge in [0.2, 0.25) is 5.95 Å². The Balaban J connectivity index is 1.32. The molecule has 0 saturated carbocycles. The van der Waals surface area contributed by atoms with Crippen LogP contribution in [-0.2, 0) is 17.6 Å². The van der Waals surface area contributed by atoms with Gasteiger partial charge in [-0.3, -0.25) is 4.99 Å². The van der Waals surface area contributed by atoms with Crippen molar-refractivity contribution in [1.82, 2.24) is 15.3 Å².